The molecular weight excluding hydrogens is 326 g/mol. The van der Waals surface area contributed by atoms with E-state index in [1.807, 2.05) is 42.1 Å². The van der Waals surface area contributed by atoms with E-state index in [4.69, 9.17) is 0 Å². The summed E-state index contributed by atoms with van der Waals surface area (Å²) < 4.78 is 3.00. The fraction of sp³-hybridized carbons (Fsp3) is 0.375. The number of benzene rings is 1. The second-order valence-corrected chi connectivity index (χ2v) is 7.25. The van der Waals surface area contributed by atoms with Crippen molar-refractivity contribution in [2.75, 3.05) is 11.5 Å². The van der Waals surface area contributed by atoms with Crippen molar-refractivity contribution in [3.05, 3.63) is 47.0 Å². The van der Waals surface area contributed by atoms with Crippen LogP contribution in [-0.2, 0) is 6.54 Å². The first kappa shape index (κ1) is 15.3. The lowest BCUT2D eigenvalue weighted by Gasteiger charge is -2.31. The molecule has 0 bridgehead atoms. The van der Waals surface area contributed by atoms with E-state index in [-0.39, 0.29) is 17.6 Å². The summed E-state index contributed by atoms with van der Waals surface area (Å²) in [6, 6.07) is 9.45. The largest absolute Gasteiger partial charge is 0.388 e. The van der Waals surface area contributed by atoms with Crippen LogP contribution >= 0.6 is 11.8 Å². The number of aliphatic hydroxyl groups is 1. The molecule has 3 heterocycles. The van der Waals surface area contributed by atoms with E-state index < -0.39 is 5.60 Å². The summed E-state index contributed by atoms with van der Waals surface area (Å²) in [5, 5.41) is 18.7. The standard InChI is InChI=1S/C16H17N5O2S/c22-15-13-14(21(19-18-13)12-4-2-1-3-5-12)17-11-20(15)10-16(23)6-8-24-9-7-16/h1-5,11,23H,6-10H2. The maximum Gasteiger partial charge on any atom is 0.283 e. The summed E-state index contributed by atoms with van der Waals surface area (Å²) in [5.74, 6) is 1.82. The fourth-order valence-electron chi connectivity index (χ4n) is 2.93. The minimum atomic E-state index is -0.847. The lowest BCUT2D eigenvalue weighted by Crippen LogP contribution is -2.41. The second kappa shape index (κ2) is 6.03. The van der Waals surface area contributed by atoms with Crippen LogP contribution in [-0.4, -0.2) is 46.8 Å². The van der Waals surface area contributed by atoms with Crippen LogP contribution in [0.5, 0.6) is 0 Å². The van der Waals surface area contributed by atoms with E-state index in [0.29, 0.717) is 18.5 Å². The normalized spacial score (nSPS) is 17.2. The van der Waals surface area contributed by atoms with Gasteiger partial charge in [-0.1, -0.05) is 23.4 Å². The molecule has 0 spiro atoms. The molecule has 1 aromatic carbocycles. The van der Waals surface area contributed by atoms with Gasteiger partial charge < -0.3 is 5.11 Å². The number of hydrogen-bond donors (Lipinski definition) is 1. The lowest BCUT2D eigenvalue weighted by molar-refractivity contribution is 0.0138. The van der Waals surface area contributed by atoms with E-state index in [9.17, 15) is 9.90 Å². The van der Waals surface area contributed by atoms with Gasteiger partial charge in [-0.05, 0) is 36.5 Å². The highest BCUT2D eigenvalue weighted by Crippen LogP contribution is 2.28. The van der Waals surface area contributed by atoms with Crippen LogP contribution < -0.4 is 5.56 Å². The predicted octanol–water partition coefficient (Wildman–Crippen LogP) is 1.24. The van der Waals surface area contributed by atoms with Crippen LogP contribution in [0.15, 0.2) is 41.5 Å². The van der Waals surface area contributed by atoms with E-state index in [0.717, 1.165) is 17.2 Å². The summed E-state index contributed by atoms with van der Waals surface area (Å²) >= 11 is 1.83. The minimum absolute atomic E-state index is 0.218. The quantitative estimate of drug-likeness (QED) is 0.770. The second-order valence-electron chi connectivity index (χ2n) is 6.02. The Kier molecular flexibility index (Phi) is 3.85. The van der Waals surface area contributed by atoms with E-state index in [1.54, 1.807) is 4.68 Å². The molecule has 1 aliphatic heterocycles. The number of rotatable bonds is 3. The molecule has 0 unspecified atom stereocenters. The fourth-order valence-corrected chi connectivity index (χ4v) is 4.18. The smallest absolute Gasteiger partial charge is 0.283 e. The van der Waals surface area contributed by atoms with E-state index in [2.05, 4.69) is 15.3 Å². The molecule has 24 heavy (non-hydrogen) atoms. The van der Waals surface area contributed by atoms with Crippen molar-refractivity contribution >= 4 is 22.9 Å². The monoisotopic (exact) mass is 343 g/mol. The maximum atomic E-state index is 12.7. The van der Waals surface area contributed by atoms with Gasteiger partial charge in [0.2, 0.25) is 0 Å². The Balaban J connectivity index is 1.73. The molecular formula is C16H17N5O2S. The summed E-state index contributed by atoms with van der Waals surface area (Å²) in [6.45, 7) is 0.244. The van der Waals surface area contributed by atoms with Crippen molar-refractivity contribution < 1.29 is 5.11 Å². The average Bonchev–Trinajstić information content (AvgIpc) is 3.03. The molecule has 0 atom stereocenters. The zero-order valence-corrected chi connectivity index (χ0v) is 13.8. The summed E-state index contributed by atoms with van der Waals surface area (Å²) in [6.07, 6.45) is 2.84. The van der Waals surface area contributed by atoms with Crippen LogP contribution in [0.2, 0.25) is 0 Å². The molecule has 1 fully saturated rings. The first-order valence-electron chi connectivity index (χ1n) is 7.83. The van der Waals surface area contributed by atoms with Crippen molar-refractivity contribution in [2.45, 2.75) is 25.0 Å². The van der Waals surface area contributed by atoms with Gasteiger partial charge in [0.25, 0.3) is 5.56 Å². The Morgan fingerprint density at radius 2 is 1.96 bits per heavy atom. The molecule has 1 N–H and O–H groups in total. The molecule has 0 amide bonds. The van der Waals surface area contributed by atoms with Gasteiger partial charge in [0, 0.05) is 0 Å². The highest BCUT2D eigenvalue weighted by atomic mass is 32.2. The van der Waals surface area contributed by atoms with Gasteiger partial charge in [0.15, 0.2) is 11.2 Å². The zero-order chi connectivity index (χ0) is 16.6. The van der Waals surface area contributed by atoms with Crippen molar-refractivity contribution in [3.8, 4) is 5.69 Å². The predicted molar refractivity (Wildman–Crippen MR) is 92.4 cm³/mol. The first-order chi connectivity index (χ1) is 11.7. The number of aromatic nitrogens is 5. The third-order valence-corrected chi connectivity index (χ3v) is 5.30. The van der Waals surface area contributed by atoms with Gasteiger partial charge in [-0.3, -0.25) is 9.36 Å². The Bertz CT molecular complexity index is 915. The average molecular weight is 343 g/mol. The molecule has 1 saturated heterocycles. The minimum Gasteiger partial charge on any atom is -0.388 e. The van der Waals surface area contributed by atoms with Gasteiger partial charge in [0.05, 0.1) is 17.8 Å². The zero-order valence-electron chi connectivity index (χ0n) is 13.0. The van der Waals surface area contributed by atoms with Gasteiger partial charge in [0.1, 0.15) is 6.33 Å². The van der Waals surface area contributed by atoms with Gasteiger partial charge in [-0.2, -0.15) is 16.4 Å². The van der Waals surface area contributed by atoms with Crippen molar-refractivity contribution in [3.63, 3.8) is 0 Å². The lowest BCUT2D eigenvalue weighted by atomic mass is 9.97. The number of para-hydroxylation sites is 1. The van der Waals surface area contributed by atoms with Crippen LogP contribution in [0.1, 0.15) is 12.8 Å². The maximum absolute atomic E-state index is 12.7. The highest BCUT2D eigenvalue weighted by molar-refractivity contribution is 7.99. The van der Waals surface area contributed by atoms with E-state index in [1.165, 1.54) is 10.9 Å². The van der Waals surface area contributed by atoms with Gasteiger partial charge in [-0.25, -0.2) is 4.98 Å². The number of thioether (sulfide) groups is 1. The first-order valence-corrected chi connectivity index (χ1v) is 8.98. The van der Waals surface area contributed by atoms with Crippen LogP contribution in [0, 0.1) is 0 Å². The van der Waals surface area contributed by atoms with Crippen molar-refractivity contribution in [1.29, 1.82) is 0 Å². The topological polar surface area (TPSA) is 85.8 Å². The highest BCUT2D eigenvalue weighted by Gasteiger charge is 2.30. The Morgan fingerprint density at radius 3 is 2.71 bits per heavy atom. The third-order valence-electron chi connectivity index (χ3n) is 4.32. The van der Waals surface area contributed by atoms with Crippen molar-refractivity contribution in [2.24, 2.45) is 0 Å². The van der Waals surface area contributed by atoms with Crippen LogP contribution in [0.3, 0.4) is 0 Å². The van der Waals surface area contributed by atoms with Crippen LogP contribution in [0.4, 0.5) is 0 Å². The summed E-state index contributed by atoms with van der Waals surface area (Å²) in [5.41, 5.74) is 0.324. The molecule has 2 aromatic heterocycles. The van der Waals surface area contributed by atoms with E-state index >= 15 is 0 Å². The number of hydrogen-bond acceptors (Lipinski definition) is 6. The summed E-state index contributed by atoms with van der Waals surface area (Å²) in [7, 11) is 0. The SMILES string of the molecule is O=c1c2nnn(-c3ccccc3)c2ncn1CC1(O)CCSCC1. The molecule has 7 nitrogen and oxygen atoms in total. The molecule has 0 saturated carbocycles. The molecule has 0 radical (unpaired) electrons. The molecule has 0 aliphatic carbocycles. The van der Waals surface area contributed by atoms with Gasteiger partial charge in [-0.15, -0.1) is 5.10 Å². The number of nitrogens with zero attached hydrogens (tertiary/aromatic N) is 5. The Hall–Kier alpha value is -2.19. The summed E-state index contributed by atoms with van der Waals surface area (Å²) in [4.78, 5) is 17.0. The van der Waals surface area contributed by atoms with Gasteiger partial charge >= 0.3 is 0 Å². The van der Waals surface area contributed by atoms with Crippen molar-refractivity contribution in [1.82, 2.24) is 24.5 Å². The number of fused-ring (bicyclic) bond motifs is 1. The molecule has 4 rings (SSSR count). The molecule has 1 aliphatic rings. The molecule has 3 aromatic rings. The molecule has 124 valence electrons. The molecule has 8 heteroatoms. The third kappa shape index (κ3) is 2.71. The van der Waals surface area contributed by atoms with Crippen LogP contribution in [0.25, 0.3) is 16.9 Å². The Labute approximate surface area is 142 Å². The Morgan fingerprint density at radius 1 is 1.21 bits per heavy atom.